The van der Waals surface area contributed by atoms with Crippen LogP contribution in [0.3, 0.4) is 0 Å². The summed E-state index contributed by atoms with van der Waals surface area (Å²) >= 11 is 0. The van der Waals surface area contributed by atoms with E-state index in [1.165, 1.54) is 29.3 Å². The first-order chi connectivity index (χ1) is 14.7. The number of anilines is 3. The van der Waals surface area contributed by atoms with E-state index in [2.05, 4.69) is 59.2 Å². The van der Waals surface area contributed by atoms with Gasteiger partial charge in [0.2, 0.25) is 0 Å². The molecule has 4 rings (SSSR count). The average molecular weight is 406 g/mol. The van der Waals surface area contributed by atoms with Gasteiger partial charge in [-0.1, -0.05) is 56.3 Å². The Morgan fingerprint density at radius 1 is 0.800 bits per heavy atom. The molecule has 5 heteroatoms. The van der Waals surface area contributed by atoms with Gasteiger partial charge in [0.25, 0.3) is 0 Å². The summed E-state index contributed by atoms with van der Waals surface area (Å²) in [6.07, 6.45) is 0.912. The molecule has 3 aromatic carbocycles. The molecule has 0 spiro atoms. The molecule has 3 aromatic rings. The third kappa shape index (κ3) is 4.75. The fourth-order valence-electron chi connectivity index (χ4n) is 3.88. The zero-order valence-corrected chi connectivity index (χ0v) is 18.3. The van der Waals surface area contributed by atoms with Crippen LogP contribution in [0.2, 0.25) is 0 Å². The van der Waals surface area contributed by atoms with E-state index in [1.807, 2.05) is 32.0 Å². The molecular weight excluding hydrogens is 370 g/mol. The number of nitrogens with two attached hydrogens (primary N) is 4. The molecule has 5 nitrogen and oxygen atoms in total. The number of rotatable bonds is 4. The molecule has 0 radical (unpaired) electrons. The molecule has 1 aliphatic rings. The molecule has 0 fully saturated rings. The van der Waals surface area contributed by atoms with E-state index in [0.717, 1.165) is 30.0 Å². The van der Waals surface area contributed by atoms with Crippen molar-refractivity contribution in [1.82, 2.24) is 0 Å². The second kappa shape index (κ2) is 11.2. The van der Waals surface area contributed by atoms with Gasteiger partial charge < -0.3 is 27.8 Å². The Morgan fingerprint density at radius 2 is 1.40 bits per heavy atom. The zero-order chi connectivity index (χ0) is 22.1. The minimum atomic E-state index is 0.0931. The van der Waals surface area contributed by atoms with Crippen LogP contribution in [-0.4, -0.2) is 20.1 Å². The normalized spacial score (nSPS) is 13.8. The van der Waals surface area contributed by atoms with Crippen molar-refractivity contribution in [3.05, 3.63) is 77.9 Å². The number of fused-ring (bicyclic) bond motifs is 3. The summed E-state index contributed by atoms with van der Waals surface area (Å²) in [5.41, 5.74) is 30.2. The molecule has 1 atom stereocenters. The van der Waals surface area contributed by atoms with Crippen LogP contribution >= 0.6 is 0 Å². The Hall–Kier alpha value is -3.02. The lowest BCUT2D eigenvalue weighted by molar-refractivity contribution is 0.667. The van der Waals surface area contributed by atoms with Gasteiger partial charge in [0.05, 0.1) is 6.04 Å². The van der Waals surface area contributed by atoms with E-state index >= 15 is 0 Å². The molecule has 0 amide bonds. The minimum absolute atomic E-state index is 0.0931. The number of benzene rings is 3. The van der Waals surface area contributed by atoms with Gasteiger partial charge in [0, 0.05) is 29.2 Å². The number of hydrogen-bond donors (Lipinski definition) is 4. The minimum Gasteiger partial charge on any atom is -0.399 e. The fraction of sp³-hybridized carbons (Fsp3) is 0.280. The van der Waals surface area contributed by atoms with Crippen molar-refractivity contribution in [2.24, 2.45) is 11.5 Å². The van der Waals surface area contributed by atoms with Gasteiger partial charge >= 0.3 is 0 Å². The molecule has 160 valence electrons. The van der Waals surface area contributed by atoms with E-state index in [0.29, 0.717) is 6.54 Å². The highest BCUT2D eigenvalue weighted by atomic mass is 15.2. The quantitative estimate of drug-likeness (QED) is 0.482. The average Bonchev–Trinajstić information content (AvgIpc) is 2.80. The first-order valence-electron chi connectivity index (χ1n) is 10.6. The van der Waals surface area contributed by atoms with Crippen LogP contribution < -0.4 is 27.8 Å². The van der Waals surface area contributed by atoms with Gasteiger partial charge in [0.1, 0.15) is 0 Å². The van der Waals surface area contributed by atoms with Crippen molar-refractivity contribution in [3.8, 4) is 11.1 Å². The molecular formula is C25H35N5. The summed E-state index contributed by atoms with van der Waals surface area (Å²) in [4.78, 5) is 2.41. The lowest BCUT2D eigenvalue weighted by atomic mass is 9.84. The summed E-state index contributed by atoms with van der Waals surface area (Å²) < 4.78 is 0. The topological polar surface area (TPSA) is 107 Å². The third-order valence-electron chi connectivity index (χ3n) is 5.02. The largest absolute Gasteiger partial charge is 0.399 e. The first kappa shape index (κ1) is 23.3. The Bertz CT molecular complexity index is 924. The summed E-state index contributed by atoms with van der Waals surface area (Å²) in [5.74, 6) is 0. The molecule has 0 aliphatic carbocycles. The highest BCUT2D eigenvalue weighted by Crippen LogP contribution is 2.48. The van der Waals surface area contributed by atoms with Crippen LogP contribution in [-0.2, 0) is 0 Å². The predicted octanol–water partition coefficient (Wildman–Crippen LogP) is 4.38. The first-order valence-corrected chi connectivity index (χ1v) is 10.6. The monoisotopic (exact) mass is 405 g/mol. The summed E-state index contributed by atoms with van der Waals surface area (Å²) in [5, 5.41) is 0. The number of hydrogen-bond acceptors (Lipinski definition) is 5. The van der Waals surface area contributed by atoms with Crippen LogP contribution in [0.4, 0.5) is 17.1 Å². The molecule has 0 aromatic heterocycles. The third-order valence-corrected chi connectivity index (χ3v) is 5.02. The van der Waals surface area contributed by atoms with E-state index in [9.17, 15) is 0 Å². The number of nitrogens with zero attached hydrogens (tertiary/aromatic N) is 1. The maximum Gasteiger partial charge on any atom is 0.0802 e. The van der Waals surface area contributed by atoms with Crippen LogP contribution in [0.15, 0.2) is 66.7 Å². The Morgan fingerprint density at radius 3 is 2.03 bits per heavy atom. The standard InChI is InChI=1S/C22H24N4.C2H6.CH5N/c23-11-4-12-26-21-14-17(25)8-10-19(21)18-9-7-16(24)13-20(18)22(26)15-5-2-1-3-6-15;2*1-2/h1-3,5-10,13-14,22H,4,11-12,23-25H2;1-2H3;2H2,1H3. The molecule has 0 bridgehead atoms. The molecule has 8 N–H and O–H groups in total. The zero-order valence-electron chi connectivity index (χ0n) is 18.3. The summed E-state index contributed by atoms with van der Waals surface area (Å²) in [7, 11) is 1.50. The highest BCUT2D eigenvalue weighted by Gasteiger charge is 2.32. The van der Waals surface area contributed by atoms with Crippen molar-refractivity contribution in [1.29, 1.82) is 0 Å². The van der Waals surface area contributed by atoms with Crippen molar-refractivity contribution >= 4 is 17.1 Å². The van der Waals surface area contributed by atoms with Gasteiger partial charge in [-0.2, -0.15) is 0 Å². The predicted molar refractivity (Wildman–Crippen MR) is 131 cm³/mol. The molecule has 1 unspecified atom stereocenters. The van der Waals surface area contributed by atoms with Crippen LogP contribution in [0.1, 0.15) is 37.4 Å². The maximum atomic E-state index is 6.15. The van der Waals surface area contributed by atoms with Gasteiger partial charge in [-0.25, -0.2) is 0 Å². The smallest absolute Gasteiger partial charge is 0.0802 e. The number of nitrogen functional groups attached to an aromatic ring is 2. The second-order valence-corrected chi connectivity index (χ2v) is 6.77. The van der Waals surface area contributed by atoms with Crippen molar-refractivity contribution in [3.63, 3.8) is 0 Å². The molecule has 0 saturated carbocycles. The van der Waals surface area contributed by atoms with Gasteiger partial charge in [-0.15, -0.1) is 0 Å². The van der Waals surface area contributed by atoms with Crippen LogP contribution in [0, 0.1) is 0 Å². The van der Waals surface area contributed by atoms with Gasteiger partial charge in [-0.05, 0) is 61.0 Å². The summed E-state index contributed by atoms with van der Waals surface area (Å²) in [6.45, 7) is 5.51. The Kier molecular flexibility index (Phi) is 8.71. The van der Waals surface area contributed by atoms with Crippen molar-refractivity contribution in [2.45, 2.75) is 26.3 Å². The Labute approximate surface area is 180 Å². The van der Waals surface area contributed by atoms with E-state index < -0.39 is 0 Å². The highest BCUT2D eigenvalue weighted by molar-refractivity contribution is 5.88. The summed E-state index contributed by atoms with van der Waals surface area (Å²) in [6, 6.07) is 23.0. The Balaban J connectivity index is 0.000000757. The maximum absolute atomic E-state index is 6.15. The van der Waals surface area contributed by atoms with Gasteiger partial charge in [0.15, 0.2) is 0 Å². The van der Waals surface area contributed by atoms with Crippen molar-refractivity contribution in [2.75, 3.05) is 36.5 Å². The lowest BCUT2D eigenvalue weighted by Crippen LogP contribution is -2.34. The molecule has 1 aliphatic heterocycles. The SMILES string of the molecule is CC.CN.NCCCN1c2cc(N)ccc2-c2ccc(N)cc2C1c1ccccc1. The van der Waals surface area contributed by atoms with Crippen LogP contribution in [0.25, 0.3) is 11.1 Å². The van der Waals surface area contributed by atoms with E-state index in [1.54, 1.807) is 0 Å². The molecule has 30 heavy (non-hydrogen) atoms. The second-order valence-electron chi connectivity index (χ2n) is 6.77. The van der Waals surface area contributed by atoms with E-state index in [-0.39, 0.29) is 6.04 Å². The fourth-order valence-corrected chi connectivity index (χ4v) is 3.88. The van der Waals surface area contributed by atoms with Crippen molar-refractivity contribution < 1.29 is 0 Å². The van der Waals surface area contributed by atoms with Crippen LogP contribution in [0.5, 0.6) is 0 Å². The lowest BCUT2D eigenvalue weighted by Gasteiger charge is -2.41. The molecule has 0 saturated heterocycles. The van der Waals surface area contributed by atoms with Gasteiger partial charge in [-0.3, -0.25) is 0 Å². The molecule has 1 heterocycles. The van der Waals surface area contributed by atoms with E-state index in [4.69, 9.17) is 17.2 Å².